The molecule has 0 aliphatic heterocycles. The number of hydrogen-bond donors (Lipinski definition) is 0. The summed E-state index contributed by atoms with van der Waals surface area (Å²) < 4.78 is 45.8. The van der Waals surface area contributed by atoms with Crippen LogP contribution in [0.3, 0.4) is 0 Å². The predicted octanol–water partition coefficient (Wildman–Crippen LogP) is 5.70. The van der Waals surface area contributed by atoms with Crippen molar-refractivity contribution in [2.45, 2.75) is 11.8 Å². The fourth-order valence-electron chi connectivity index (χ4n) is 3.45. The Kier molecular flexibility index (Phi) is 7.45. The number of carbonyl (C=O) groups excluding carboxylic acids is 2. The van der Waals surface area contributed by atoms with Gasteiger partial charge in [-0.1, -0.05) is 42.0 Å². The predicted molar refractivity (Wildman–Crippen MR) is 145 cm³/mol. The quantitative estimate of drug-likeness (QED) is 0.113. The molecule has 0 bridgehead atoms. The van der Waals surface area contributed by atoms with Gasteiger partial charge in [0.2, 0.25) is 0 Å². The molecule has 0 amide bonds. The summed E-state index contributed by atoms with van der Waals surface area (Å²) in [4.78, 5) is 25.8. The summed E-state index contributed by atoms with van der Waals surface area (Å²) in [6.07, 6.45) is 0. The van der Waals surface area contributed by atoms with Crippen LogP contribution >= 0.6 is 45.2 Å². The zero-order valence-corrected chi connectivity index (χ0v) is 23.1. The molecule has 4 rings (SSSR count). The Morgan fingerprint density at radius 1 is 0.771 bits per heavy atom. The lowest BCUT2D eigenvalue weighted by Gasteiger charge is -2.14. The first-order chi connectivity index (χ1) is 16.5. The maximum atomic E-state index is 13.1. The monoisotopic (exact) mass is 713 g/mol. The average Bonchev–Trinajstić information content (AvgIpc) is 2.78. The first kappa shape index (κ1) is 25.5. The van der Waals surface area contributed by atoms with Gasteiger partial charge in [-0.25, -0.2) is 18.0 Å². The Balaban J connectivity index is 1.71. The van der Waals surface area contributed by atoms with E-state index in [4.69, 9.17) is 9.47 Å². The van der Waals surface area contributed by atoms with Crippen LogP contribution in [0.4, 0.5) is 0 Å². The van der Waals surface area contributed by atoms with Gasteiger partial charge in [0.15, 0.2) is 0 Å². The molecule has 4 aromatic carbocycles. The van der Waals surface area contributed by atoms with Gasteiger partial charge in [0, 0.05) is 12.5 Å². The van der Waals surface area contributed by atoms with Gasteiger partial charge in [0.1, 0.15) is 21.6 Å². The molecule has 178 valence electrons. The van der Waals surface area contributed by atoms with Crippen molar-refractivity contribution >= 4 is 78.0 Å². The lowest BCUT2D eigenvalue weighted by Crippen LogP contribution is -2.14. The van der Waals surface area contributed by atoms with E-state index in [1.165, 1.54) is 18.2 Å². The first-order valence-corrected chi connectivity index (χ1v) is 13.6. The van der Waals surface area contributed by atoms with Crippen molar-refractivity contribution in [2.24, 2.45) is 0 Å². The minimum Gasteiger partial charge on any atom is -0.744 e. The van der Waals surface area contributed by atoms with Crippen LogP contribution in [-0.4, -0.2) is 24.9 Å². The van der Waals surface area contributed by atoms with E-state index in [1.54, 1.807) is 87.6 Å². The molecule has 0 heterocycles. The van der Waals surface area contributed by atoms with Crippen molar-refractivity contribution in [1.29, 1.82) is 0 Å². The lowest BCUT2D eigenvalue weighted by molar-refractivity contribution is 0.0734. The third kappa shape index (κ3) is 5.66. The largest absolute Gasteiger partial charge is 0.744 e. The lowest BCUT2D eigenvalue weighted by atomic mass is 9.99. The minimum atomic E-state index is -4.69. The van der Waals surface area contributed by atoms with Crippen molar-refractivity contribution in [2.75, 3.05) is 0 Å². The van der Waals surface area contributed by atoms with Crippen LogP contribution in [0, 0.1) is 14.1 Å². The van der Waals surface area contributed by atoms with E-state index in [1.807, 2.05) is 19.1 Å². The zero-order chi connectivity index (χ0) is 25.3. The van der Waals surface area contributed by atoms with Crippen molar-refractivity contribution < 1.29 is 32.0 Å². The van der Waals surface area contributed by atoms with Gasteiger partial charge in [-0.3, -0.25) is 0 Å². The fourth-order valence-corrected chi connectivity index (χ4v) is 7.37. The Morgan fingerprint density at radius 3 is 1.74 bits per heavy atom. The van der Waals surface area contributed by atoms with E-state index in [0.29, 0.717) is 16.5 Å². The van der Waals surface area contributed by atoms with Crippen LogP contribution in [0.5, 0.6) is 11.5 Å². The average molecular weight is 713 g/mol. The van der Waals surface area contributed by atoms with Crippen LogP contribution in [0.2, 0.25) is 0 Å². The second kappa shape index (κ2) is 10.2. The molecule has 0 atom stereocenters. The van der Waals surface area contributed by atoms with Gasteiger partial charge >= 0.3 is 11.9 Å². The van der Waals surface area contributed by atoms with Crippen molar-refractivity contribution in [3.63, 3.8) is 0 Å². The molecule has 4 aromatic rings. The summed E-state index contributed by atoms with van der Waals surface area (Å²) in [6, 6.07) is 19.6. The topological polar surface area (TPSA) is 110 Å². The highest BCUT2D eigenvalue weighted by Crippen LogP contribution is 2.31. The number of fused-ring (bicyclic) bond motifs is 1. The Hall–Kier alpha value is -2.55. The number of hydrogen-bond acceptors (Lipinski definition) is 7. The molecule has 0 aliphatic carbocycles. The molecule has 0 saturated heterocycles. The van der Waals surface area contributed by atoms with Gasteiger partial charge in [0.05, 0.1) is 16.0 Å². The van der Waals surface area contributed by atoms with Gasteiger partial charge < -0.3 is 14.0 Å². The van der Waals surface area contributed by atoms with E-state index < -0.39 is 22.1 Å². The van der Waals surface area contributed by atoms with E-state index in [0.717, 1.165) is 5.56 Å². The normalized spacial score (nSPS) is 11.3. The Morgan fingerprint density at radius 2 is 1.26 bits per heavy atom. The van der Waals surface area contributed by atoms with Crippen LogP contribution in [0.25, 0.3) is 10.8 Å². The van der Waals surface area contributed by atoms with Crippen LogP contribution in [-0.2, 0) is 10.1 Å². The maximum absolute atomic E-state index is 13.1. The summed E-state index contributed by atoms with van der Waals surface area (Å²) in [5.74, 6) is -0.951. The SMILES string of the molecule is Cc1ccc(OC(=O)c2cccc3cccc(C(=O)Oc4cc(I)c(S(=O)(=O)[O-])c(I)c4)c23)cc1. The standard InChI is InChI=1S/C25H16I2O7S/c1-14-8-10-16(11-9-14)33-24(28)18-6-2-4-15-5-3-7-19(22(15)18)25(29)34-17-12-20(26)23(21(27)13-17)35(30,31)32/h2-13H,1H3,(H,30,31,32)/p-1. The van der Waals surface area contributed by atoms with E-state index in [9.17, 15) is 22.6 Å². The summed E-state index contributed by atoms with van der Waals surface area (Å²) in [5.41, 5.74) is 1.34. The van der Waals surface area contributed by atoms with Crippen LogP contribution in [0.15, 0.2) is 77.7 Å². The van der Waals surface area contributed by atoms with Gasteiger partial charge in [-0.05, 0) is 93.9 Å². The molecule has 0 spiro atoms. The summed E-state index contributed by atoms with van der Waals surface area (Å²) in [6.45, 7) is 1.92. The number of carbonyl (C=O) groups is 2. The molecule has 0 radical (unpaired) electrons. The number of halogens is 2. The molecule has 0 aromatic heterocycles. The molecule has 0 saturated carbocycles. The van der Waals surface area contributed by atoms with Gasteiger partial charge in [0.25, 0.3) is 0 Å². The molecule has 7 nitrogen and oxygen atoms in total. The Labute approximate surface area is 228 Å². The van der Waals surface area contributed by atoms with Crippen molar-refractivity contribution in [3.8, 4) is 11.5 Å². The summed E-state index contributed by atoms with van der Waals surface area (Å²) >= 11 is 3.40. The smallest absolute Gasteiger partial charge is 0.344 e. The van der Waals surface area contributed by atoms with Crippen molar-refractivity contribution in [1.82, 2.24) is 0 Å². The number of rotatable bonds is 5. The van der Waals surface area contributed by atoms with E-state index >= 15 is 0 Å². The van der Waals surface area contributed by atoms with E-state index in [-0.39, 0.29) is 28.9 Å². The molecule has 0 fully saturated rings. The second-order valence-electron chi connectivity index (χ2n) is 7.47. The van der Waals surface area contributed by atoms with Gasteiger partial charge in [-0.2, -0.15) is 0 Å². The molecular weight excluding hydrogens is 698 g/mol. The maximum Gasteiger partial charge on any atom is 0.344 e. The molecular formula is C25H15I2O7S-. The molecule has 35 heavy (non-hydrogen) atoms. The number of aryl methyl sites for hydroxylation is 1. The highest BCUT2D eigenvalue weighted by molar-refractivity contribution is 14.1. The highest BCUT2D eigenvalue weighted by Gasteiger charge is 2.21. The molecule has 0 aliphatic rings. The highest BCUT2D eigenvalue weighted by atomic mass is 127. The van der Waals surface area contributed by atoms with Crippen LogP contribution in [0.1, 0.15) is 26.3 Å². The summed E-state index contributed by atoms with van der Waals surface area (Å²) in [5, 5.41) is 0.995. The second-order valence-corrected chi connectivity index (χ2v) is 11.1. The van der Waals surface area contributed by atoms with E-state index in [2.05, 4.69) is 0 Å². The zero-order valence-electron chi connectivity index (χ0n) is 18.0. The van der Waals surface area contributed by atoms with Crippen molar-refractivity contribution in [3.05, 3.63) is 96.6 Å². The third-order valence-corrected chi connectivity index (χ3v) is 8.38. The third-order valence-electron chi connectivity index (χ3n) is 5.01. The Bertz CT molecular complexity index is 1550. The fraction of sp³-hybridized carbons (Fsp3) is 0.0400. The van der Waals surface area contributed by atoms with Crippen LogP contribution < -0.4 is 9.47 Å². The molecule has 0 unspecified atom stereocenters. The first-order valence-electron chi connectivity index (χ1n) is 10.0. The number of benzene rings is 4. The molecule has 0 N–H and O–H groups in total. The molecule has 10 heteroatoms. The van der Waals surface area contributed by atoms with Gasteiger partial charge in [-0.15, -0.1) is 0 Å². The summed E-state index contributed by atoms with van der Waals surface area (Å²) in [7, 11) is -4.69. The minimum absolute atomic E-state index is 0.0629. The number of ether oxygens (including phenoxy) is 2. The number of esters is 2.